The molecule has 0 aromatic rings. The molecule has 0 unspecified atom stereocenters. The van der Waals surface area contributed by atoms with E-state index in [9.17, 15) is 0 Å². The van der Waals surface area contributed by atoms with Crippen molar-refractivity contribution >= 4 is 9.52 Å². The van der Waals surface area contributed by atoms with Gasteiger partial charge < -0.3 is 0 Å². The fourth-order valence-electron chi connectivity index (χ4n) is 2.57. The van der Waals surface area contributed by atoms with Crippen molar-refractivity contribution in [3.05, 3.63) is 0 Å². The first-order valence-corrected chi connectivity index (χ1v) is 10.5. The van der Waals surface area contributed by atoms with E-state index in [-0.39, 0.29) is 0 Å². The minimum atomic E-state index is 1.24. The van der Waals surface area contributed by atoms with Crippen molar-refractivity contribution in [3.63, 3.8) is 0 Å². The molecule has 0 atom stereocenters. The zero-order valence-corrected chi connectivity index (χ0v) is 14.8. The summed E-state index contributed by atoms with van der Waals surface area (Å²) in [6, 6.07) is 2.98. The molecular formula is C18H38Si. The average molecular weight is 283 g/mol. The first kappa shape index (κ1) is 19.2. The molecule has 0 nitrogen and oxygen atoms in total. The maximum absolute atomic E-state index is 2.30. The van der Waals surface area contributed by atoms with E-state index in [1.807, 2.05) is 0 Å². The molecule has 0 amide bonds. The van der Waals surface area contributed by atoms with Crippen molar-refractivity contribution in [3.8, 4) is 0 Å². The van der Waals surface area contributed by atoms with Gasteiger partial charge in [0.25, 0.3) is 0 Å². The second-order valence-electron chi connectivity index (χ2n) is 5.99. The SMILES string of the molecule is CCCCCCCCCCCCCCC[Si]CCC. The molecule has 0 aromatic carbocycles. The highest BCUT2D eigenvalue weighted by Gasteiger charge is 1.94. The number of unbranched alkanes of at least 4 members (excludes halogenated alkanes) is 12. The van der Waals surface area contributed by atoms with Gasteiger partial charge in [0.15, 0.2) is 0 Å². The van der Waals surface area contributed by atoms with Crippen LogP contribution in [0.2, 0.25) is 12.1 Å². The van der Waals surface area contributed by atoms with Crippen molar-refractivity contribution in [2.45, 2.75) is 116 Å². The molecule has 0 fully saturated rings. The summed E-state index contributed by atoms with van der Waals surface area (Å²) in [4.78, 5) is 0. The average Bonchev–Trinajstić information content (AvgIpc) is 2.43. The molecule has 2 radical (unpaired) electrons. The van der Waals surface area contributed by atoms with Gasteiger partial charge in [0, 0.05) is 9.52 Å². The molecule has 0 rings (SSSR count). The molecule has 0 bridgehead atoms. The van der Waals surface area contributed by atoms with Gasteiger partial charge in [-0.25, -0.2) is 0 Å². The van der Waals surface area contributed by atoms with Gasteiger partial charge in [-0.1, -0.05) is 116 Å². The van der Waals surface area contributed by atoms with Crippen LogP contribution < -0.4 is 0 Å². The Hall–Kier alpha value is 0.217. The van der Waals surface area contributed by atoms with E-state index in [4.69, 9.17) is 0 Å². The Labute approximate surface area is 126 Å². The number of hydrogen-bond acceptors (Lipinski definition) is 0. The molecular weight excluding hydrogens is 244 g/mol. The van der Waals surface area contributed by atoms with Gasteiger partial charge >= 0.3 is 0 Å². The Kier molecular flexibility index (Phi) is 18.4. The van der Waals surface area contributed by atoms with Gasteiger partial charge in [-0.3, -0.25) is 0 Å². The van der Waals surface area contributed by atoms with E-state index in [0.29, 0.717) is 0 Å². The van der Waals surface area contributed by atoms with Gasteiger partial charge in [-0.05, 0) is 0 Å². The summed E-state index contributed by atoms with van der Waals surface area (Å²) in [5.74, 6) is 0. The summed E-state index contributed by atoms with van der Waals surface area (Å²) in [7, 11) is 1.24. The predicted octanol–water partition coefficient (Wildman–Crippen LogP) is 7.03. The first-order valence-electron chi connectivity index (χ1n) is 9.12. The topological polar surface area (TPSA) is 0 Å². The van der Waals surface area contributed by atoms with Crippen LogP contribution in [0.1, 0.15) is 104 Å². The van der Waals surface area contributed by atoms with Crippen LogP contribution in [-0.4, -0.2) is 9.52 Å². The molecule has 0 saturated carbocycles. The third-order valence-electron chi connectivity index (χ3n) is 3.88. The number of rotatable bonds is 16. The summed E-state index contributed by atoms with van der Waals surface area (Å²) >= 11 is 0. The van der Waals surface area contributed by atoms with Crippen molar-refractivity contribution < 1.29 is 0 Å². The van der Waals surface area contributed by atoms with Crippen LogP contribution in [0.3, 0.4) is 0 Å². The van der Waals surface area contributed by atoms with Crippen molar-refractivity contribution in [2.75, 3.05) is 0 Å². The minimum absolute atomic E-state index is 1.24. The molecule has 0 spiro atoms. The fourth-order valence-corrected chi connectivity index (χ4v) is 3.67. The monoisotopic (exact) mass is 282 g/mol. The fraction of sp³-hybridized carbons (Fsp3) is 1.00. The van der Waals surface area contributed by atoms with Crippen LogP contribution >= 0.6 is 0 Å². The number of hydrogen-bond donors (Lipinski definition) is 0. The second-order valence-corrected chi connectivity index (χ2v) is 7.49. The maximum Gasteiger partial charge on any atom is 0.0377 e. The van der Waals surface area contributed by atoms with Crippen LogP contribution in [0.5, 0.6) is 0 Å². The van der Waals surface area contributed by atoms with E-state index >= 15 is 0 Å². The first-order chi connectivity index (χ1) is 9.41. The third-order valence-corrected chi connectivity index (χ3v) is 5.44. The van der Waals surface area contributed by atoms with Crippen LogP contribution in [0.4, 0.5) is 0 Å². The van der Waals surface area contributed by atoms with E-state index < -0.39 is 0 Å². The molecule has 1 heteroatoms. The molecule has 0 saturated heterocycles. The summed E-state index contributed by atoms with van der Waals surface area (Å²) in [5, 5.41) is 0. The Bertz CT molecular complexity index is 129. The van der Waals surface area contributed by atoms with E-state index in [1.54, 1.807) is 0 Å². The lowest BCUT2D eigenvalue weighted by Gasteiger charge is -2.03. The largest absolute Gasteiger partial charge is 0.0657 e. The van der Waals surface area contributed by atoms with Gasteiger partial charge in [-0.2, -0.15) is 0 Å². The van der Waals surface area contributed by atoms with E-state index in [1.165, 1.54) is 111 Å². The van der Waals surface area contributed by atoms with Crippen LogP contribution in [-0.2, 0) is 0 Å². The Balaban J connectivity index is 2.88. The third kappa shape index (κ3) is 18.2. The van der Waals surface area contributed by atoms with Gasteiger partial charge in [0.2, 0.25) is 0 Å². The lowest BCUT2D eigenvalue weighted by atomic mass is 10.1. The highest BCUT2D eigenvalue weighted by Crippen LogP contribution is 2.13. The highest BCUT2D eigenvalue weighted by molar-refractivity contribution is 6.35. The molecule has 0 aliphatic heterocycles. The van der Waals surface area contributed by atoms with Gasteiger partial charge in [-0.15, -0.1) is 0 Å². The molecule has 0 aliphatic rings. The Morgan fingerprint density at radius 3 is 1.26 bits per heavy atom. The predicted molar refractivity (Wildman–Crippen MR) is 91.4 cm³/mol. The summed E-state index contributed by atoms with van der Waals surface area (Å²) in [5.41, 5.74) is 0. The zero-order valence-electron chi connectivity index (χ0n) is 13.8. The van der Waals surface area contributed by atoms with Crippen LogP contribution in [0.25, 0.3) is 0 Å². The molecule has 0 heterocycles. The zero-order chi connectivity index (χ0) is 14.0. The normalized spacial score (nSPS) is 11.1. The van der Waals surface area contributed by atoms with E-state index in [2.05, 4.69) is 13.8 Å². The molecule has 19 heavy (non-hydrogen) atoms. The Morgan fingerprint density at radius 1 is 0.421 bits per heavy atom. The van der Waals surface area contributed by atoms with Crippen LogP contribution in [0.15, 0.2) is 0 Å². The molecule has 0 aliphatic carbocycles. The maximum atomic E-state index is 2.30. The van der Waals surface area contributed by atoms with Crippen LogP contribution in [0, 0.1) is 0 Å². The van der Waals surface area contributed by atoms with Crippen molar-refractivity contribution in [2.24, 2.45) is 0 Å². The smallest absolute Gasteiger partial charge is 0.0377 e. The molecule has 0 aromatic heterocycles. The van der Waals surface area contributed by atoms with E-state index in [0.717, 1.165) is 0 Å². The minimum Gasteiger partial charge on any atom is -0.0657 e. The standard InChI is InChI=1S/C18H38Si/c1-3-5-6-7-8-9-10-11-12-13-14-15-16-18-19-17-4-2/h3-18H2,1-2H3. The summed E-state index contributed by atoms with van der Waals surface area (Å²) in [6.45, 7) is 4.60. The van der Waals surface area contributed by atoms with Gasteiger partial charge in [0.1, 0.15) is 0 Å². The van der Waals surface area contributed by atoms with Gasteiger partial charge in [0.05, 0.1) is 0 Å². The van der Waals surface area contributed by atoms with Crippen molar-refractivity contribution in [1.29, 1.82) is 0 Å². The molecule has 0 N–H and O–H groups in total. The summed E-state index contributed by atoms with van der Waals surface area (Å²) in [6.07, 6.45) is 20.6. The van der Waals surface area contributed by atoms with Crippen molar-refractivity contribution in [1.82, 2.24) is 0 Å². The molecule has 114 valence electrons. The highest BCUT2D eigenvalue weighted by atomic mass is 28.2. The quantitative estimate of drug-likeness (QED) is 0.210. The second kappa shape index (κ2) is 18.2. The lowest BCUT2D eigenvalue weighted by Crippen LogP contribution is -1.88. The summed E-state index contributed by atoms with van der Waals surface area (Å²) < 4.78 is 0. The lowest BCUT2D eigenvalue weighted by molar-refractivity contribution is 0.542. The Morgan fingerprint density at radius 2 is 0.842 bits per heavy atom.